The summed E-state index contributed by atoms with van der Waals surface area (Å²) in [7, 11) is 1.61. The third kappa shape index (κ3) is 3.43. The number of amides is 1. The van der Waals surface area contributed by atoms with Crippen LogP contribution in [0, 0.1) is 0 Å². The SMILES string of the molecule is CCc1ccc(-c2nc(C3CC(=O)N(c4cccc(OC)c4)C3)no2)cc1. The molecule has 0 saturated carbocycles. The first-order chi connectivity index (χ1) is 13.2. The highest BCUT2D eigenvalue weighted by Crippen LogP contribution is 2.32. The summed E-state index contributed by atoms with van der Waals surface area (Å²) in [5.41, 5.74) is 2.97. The third-order valence-electron chi connectivity index (χ3n) is 4.91. The van der Waals surface area contributed by atoms with Gasteiger partial charge in [-0.25, -0.2) is 0 Å². The van der Waals surface area contributed by atoms with Crippen LogP contribution in [-0.2, 0) is 11.2 Å². The third-order valence-corrected chi connectivity index (χ3v) is 4.91. The van der Waals surface area contributed by atoms with Crippen LogP contribution in [0.2, 0.25) is 0 Å². The van der Waals surface area contributed by atoms with E-state index in [1.54, 1.807) is 12.0 Å². The van der Waals surface area contributed by atoms with Crippen molar-refractivity contribution in [3.63, 3.8) is 0 Å². The molecule has 3 aromatic rings. The average molecular weight is 363 g/mol. The second-order valence-electron chi connectivity index (χ2n) is 6.62. The first-order valence-electron chi connectivity index (χ1n) is 9.05. The van der Waals surface area contributed by atoms with Gasteiger partial charge in [-0.15, -0.1) is 0 Å². The molecule has 138 valence electrons. The number of carbonyl (C=O) groups is 1. The van der Waals surface area contributed by atoms with Gasteiger partial charge < -0.3 is 14.2 Å². The fourth-order valence-electron chi connectivity index (χ4n) is 3.31. The summed E-state index contributed by atoms with van der Waals surface area (Å²) in [4.78, 5) is 18.8. The van der Waals surface area contributed by atoms with Gasteiger partial charge in [0.15, 0.2) is 5.82 Å². The van der Waals surface area contributed by atoms with E-state index in [1.807, 2.05) is 36.4 Å². The Kier molecular flexibility index (Phi) is 4.62. The van der Waals surface area contributed by atoms with Crippen molar-refractivity contribution in [2.45, 2.75) is 25.7 Å². The summed E-state index contributed by atoms with van der Waals surface area (Å²) in [5, 5.41) is 4.12. The van der Waals surface area contributed by atoms with Crippen LogP contribution in [-0.4, -0.2) is 29.7 Å². The summed E-state index contributed by atoms with van der Waals surface area (Å²) < 4.78 is 10.7. The summed E-state index contributed by atoms with van der Waals surface area (Å²) in [6.45, 7) is 2.64. The molecule has 1 atom stereocenters. The molecule has 1 aliphatic heterocycles. The molecule has 0 N–H and O–H groups in total. The van der Waals surface area contributed by atoms with E-state index in [0.29, 0.717) is 24.7 Å². The summed E-state index contributed by atoms with van der Waals surface area (Å²) in [5.74, 6) is 1.74. The largest absolute Gasteiger partial charge is 0.497 e. The van der Waals surface area contributed by atoms with E-state index in [0.717, 1.165) is 23.4 Å². The fraction of sp³-hybridized carbons (Fsp3) is 0.286. The molecular formula is C21H21N3O3. The van der Waals surface area contributed by atoms with Crippen LogP contribution in [0.5, 0.6) is 5.75 Å². The van der Waals surface area contributed by atoms with Crippen LogP contribution in [0.15, 0.2) is 53.1 Å². The summed E-state index contributed by atoms with van der Waals surface area (Å²) >= 11 is 0. The number of methoxy groups -OCH3 is 1. The van der Waals surface area contributed by atoms with E-state index in [2.05, 4.69) is 29.2 Å². The van der Waals surface area contributed by atoms with Crippen molar-refractivity contribution in [3.05, 3.63) is 59.9 Å². The predicted molar refractivity (Wildman–Crippen MR) is 102 cm³/mol. The fourth-order valence-corrected chi connectivity index (χ4v) is 3.31. The van der Waals surface area contributed by atoms with Crippen molar-refractivity contribution in [2.24, 2.45) is 0 Å². The molecule has 2 aromatic carbocycles. The Morgan fingerprint density at radius 2 is 2.04 bits per heavy atom. The van der Waals surface area contributed by atoms with Gasteiger partial charge in [0, 0.05) is 36.2 Å². The Hall–Kier alpha value is -3.15. The summed E-state index contributed by atoms with van der Waals surface area (Å²) in [6.07, 6.45) is 1.35. The maximum atomic E-state index is 12.5. The molecule has 27 heavy (non-hydrogen) atoms. The number of carbonyl (C=O) groups excluding carboxylic acids is 1. The standard InChI is InChI=1S/C21H21N3O3/c1-3-14-7-9-15(10-8-14)21-22-20(23-27-21)16-11-19(25)24(13-16)17-5-4-6-18(12-17)26-2/h4-10,12,16H,3,11,13H2,1-2H3. The zero-order valence-corrected chi connectivity index (χ0v) is 15.4. The zero-order valence-electron chi connectivity index (χ0n) is 15.4. The molecule has 1 aliphatic rings. The molecule has 1 aromatic heterocycles. The van der Waals surface area contributed by atoms with Crippen LogP contribution in [0.3, 0.4) is 0 Å². The maximum absolute atomic E-state index is 12.5. The molecule has 4 rings (SSSR count). The van der Waals surface area contributed by atoms with E-state index >= 15 is 0 Å². The van der Waals surface area contributed by atoms with Crippen molar-refractivity contribution < 1.29 is 14.1 Å². The number of aryl methyl sites for hydroxylation is 1. The molecule has 6 nitrogen and oxygen atoms in total. The Morgan fingerprint density at radius 3 is 2.78 bits per heavy atom. The van der Waals surface area contributed by atoms with Crippen LogP contribution >= 0.6 is 0 Å². The molecule has 2 heterocycles. The highest BCUT2D eigenvalue weighted by Gasteiger charge is 2.34. The highest BCUT2D eigenvalue weighted by molar-refractivity contribution is 5.96. The topological polar surface area (TPSA) is 68.5 Å². The minimum Gasteiger partial charge on any atom is -0.497 e. The lowest BCUT2D eigenvalue weighted by molar-refractivity contribution is -0.117. The van der Waals surface area contributed by atoms with Gasteiger partial charge in [0.1, 0.15) is 5.75 Å². The van der Waals surface area contributed by atoms with Gasteiger partial charge in [-0.2, -0.15) is 4.98 Å². The minimum atomic E-state index is -0.0869. The van der Waals surface area contributed by atoms with Crippen LogP contribution in [0.1, 0.15) is 30.7 Å². The van der Waals surface area contributed by atoms with Crippen molar-refractivity contribution >= 4 is 11.6 Å². The normalized spacial score (nSPS) is 16.7. The highest BCUT2D eigenvalue weighted by atomic mass is 16.5. The van der Waals surface area contributed by atoms with E-state index in [1.165, 1.54) is 5.56 Å². The van der Waals surface area contributed by atoms with Gasteiger partial charge in [0.25, 0.3) is 5.89 Å². The number of hydrogen-bond acceptors (Lipinski definition) is 5. The predicted octanol–water partition coefficient (Wildman–Crippen LogP) is 3.83. The maximum Gasteiger partial charge on any atom is 0.257 e. The van der Waals surface area contributed by atoms with Crippen LogP contribution < -0.4 is 9.64 Å². The molecule has 6 heteroatoms. The molecule has 1 fully saturated rings. The average Bonchev–Trinajstić information content (AvgIpc) is 3.35. The van der Waals surface area contributed by atoms with Crippen molar-refractivity contribution in [2.75, 3.05) is 18.6 Å². The molecule has 1 unspecified atom stereocenters. The number of rotatable bonds is 5. The first kappa shape index (κ1) is 17.3. The van der Waals surface area contributed by atoms with E-state index in [9.17, 15) is 4.79 Å². The second-order valence-corrected chi connectivity index (χ2v) is 6.62. The smallest absolute Gasteiger partial charge is 0.257 e. The zero-order chi connectivity index (χ0) is 18.8. The second kappa shape index (κ2) is 7.23. The lowest BCUT2D eigenvalue weighted by Gasteiger charge is -2.16. The van der Waals surface area contributed by atoms with Crippen LogP contribution in [0.4, 0.5) is 5.69 Å². The molecule has 1 saturated heterocycles. The van der Waals surface area contributed by atoms with Gasteiger partial charge in [0.05, 0.1) is 7.11 Å². The first-order valence-corrected chi connectivity index (χ1v) is 9.05. The van der Waals surface area contributed by atoms with Crippen molar-refractivity contribution in [1.29, 1.82) is 0 Å². The molecule has 0 aliphatic carbocycles. The van der Waals surface area contributed by atoms with Crippen molar-refractivity contribution in [1.82, 2.24) is 10.1 Å². The lowest BCUT2D eigenvalue weighted by Crippen LogP contribution is -2.24. The molecular weight excluding hydrogens is 342 g/mol. The number of benzene rings is 2. The quantitative estimate of drug-likeness (QED) is 0.689. The number of aromatic nitrogens is 2. The van der Waals surface area contributed by atoms with Gasteiger partial charge in [-0.1, -0.05) is 30.3 Å². The summed E-state index contributed by atoms with van der Waals surface area (Å²) in [6, 6.07) is 15.6. The monoisotopic (exact) mass is 363 g/mol. The van der Waals surface area contributed by atoms with Gasteiger partial charge >= 0.3 is 0 Å². The Balaban J connectivity index is 1.53. The number of ether oxygens (including phenoxy) is 1. The van der Waals surface area contributed by atoms with Gasteiger partial charge in [-0.05, 0) is 36.2 Å². The van der Waals surface area contributed by atoms with E-state index < -0.39 is 0 Å². The van der Waals surface area contributed by atoms with E-state index in [-0.39, 0.29) is 11.8 Å². The Morgan fingerprint density at radius 1 is 1.22 bits per heavy atom. The lowest BCUT2D eigenvalue weighted by atomic mass is 10.1. The van der Waals surface area contributed by atoms with Crippen LogP contribution in [0.25, 0.3) is 11.5 Å². The molecule has 0 radical (unpaired) electrons. The minimum absolute atomic E-state index is 0.0481. The van der Waals surface area contributed by atoms with E-state index in [4.69, 9.17) is 9.26 Å². The van der Waals surface area contributed by atoms with Crippen molar-refractivity contribution in [3.8, 4) is 17.2 Å². The Labute approximate surface area is 157 Å². The van der Waals surface area contributed by atoms with Gasteiger partial charge in [0.2, 0.25) is 5.91 Å². The Bertz CT molecular complexity index is 949. The molecule has 0 spiro atoms. The number of hydrogen-bond donors (Lipinski definition) is 0. The number of anilines is 1. The number of nitrogens with zero attached hydrogens (tertiary/aromatic N) is 3. The molecule has 0 bridgehead atoms. The molecule has 1 amide bonds. The van der Waals surface area contributed by atoms with Gasteiger partial charge in [-0.3, -0.25) is 4.79 Å².